The monoisotopic (exact) mass is 422 g/mol. The number of hydrogen-bond acceptors (Lipinski definition) is 3. The first-order valence-electron chi connectivity index (χ1n) is 9.67. The van der Waals surface area contributed by atoms with Crippen LogP contribution in [0.3, 0.4) is 0 Å². The van der Waals surface area contributed by atoms with E-state index < -0.39 is 10.0 Å². The number of carbonyl (C=O) groups excluding carboxylic acids is 1. The van der Waals surface area contributed by atoms with E-state index in [1.165, 1.54) is 10.6 Å². The van der Waals surface area contributed by atoms with Gasteiger partial charge in [-0.25, -0.2) is 8.42 Å². The van der Waals surface area contributed by atoms with E-state index >= 15 is 0 Å². The van der Waals surface area contributed by atoms with Crippen LogP contribution in [-0.2, 0) is 23.1 Å². The molecular formula is C24H26N2O3S. The Balaban J connectivity index is 1.74. The molecule has 0 aliphatic heterocycles. The van der Waals surface area contributed by atoms with Crippen molar-refractivity contribution in [2.24, 2.45) is 0 Å². The first kappa shape index (κ1) is 21.6. The molecule has 156 valence electrons. The van der Waals surface area contributed by atoms with Gasteiger partial charge in [-0.2, -0.15) is 0 Å². The van der Waals surface area contributed by atoms with E-state index in [4.69, 9.17) is 0 Å². The quantitative estimate of drug-likeness (QED) is 0.572. The normalized spacial score (nSPS) is 11.2. The van der Waals surface area contributed by atoms with Gasteiger partial charge in [-0.3, -0.25) is 9.10 Å². The first-order chi connectivity index (χ1) is 14.2. The molecule has 0 spiro atoms. The fourth-order valence-corrected chi connectivity index (χ4v) is 4.13. The van der Waals surface area contributed by atoms with Crippen molar-refractivity contribution in [1.29, 1.82) is 0 Å². The summed E-state index contributed by atoms with van der Waals surface area (Å²) in [4.78, 5) is 14.4. The largest absolute Gasteiger partial charge is 0.337 e. The lowest BCUT2D eigenvalue weighted by Gasteiger charge is -2.23. The molecule has 3 rings (SSSR count). The Hall–Kier alpha value is -3.12. The molecule has 6 heteroatoms. The number of hydrogen-bond donors (Lipinski definition) is 0. The third kappa shape index (κ3) is 5.48. The summed E-state index contributed by atoms with van der Waals surface area (Å²) in [5.74, 6) is -0.0796. The van der Waals surface area contributed by atoms with E-state index in [1.54, 1.807) is 42.3 Å². The average Bonchev–Trinajstić information content (AvgIpc) is 2.72. The van der Waals surface area contributed by atoms with Crippen molar-refractivity contribution >= 4 is 21.6 Å². The van der Waals surface area contributed by atoms with E-state index in [0.717, 1.165) is 16.7 Å². The highest BCUT2D eigenvalue weighted by Crippen LogP contribution is 2.22. The van der Waals surface area contributed by atoms with Crippen LogP contribution in [0.5, 0.6) is 0 Å². The van der Waals surface area contributed by atoms with Gasteiger partial charge in [0.15, 0.2) is 0 Å². The summed E-state index contributed by atoms with van der Waals surface area (Å²) in [6, 6.07) is 24.3. The molecule has 0 radical (unpaired) electrons. The van der Waals surface area contributed by atoms with Gasteiger partial charge in [0.05, 0.1) is 18.5 Å². The second-order valence-corrected chi connectivity index (χ2v) is 9.36. The molecule has 0 aliphatic rings. The van der Waals surface area contributed by atoms with Crippen LogP contribution in [0.15, 0.2) is 78.9 Å². The molecule has 3 aromatic rings. The van der Waals surface area contributed by atoms with E-state index in [9.17, 15) is 13.2 Å². The van der Waals surface area contributed by atoms with Gasteiger partial charge < -0.3 is 4.90 Å². The maximum absolute atomic E-state index is 12.7. The summed E-state index contributed by atoms with van der Waals surface area (Å²) >= 11 is 0. The maximum atomic E-state index is 12.7. The van der Waals surface area contributed by atoms with Crippen LogP contribution in [0.4, 0.5) is 5.69 Å². The molecule has 0 saturated heterocycles. The topological polar surface area (TPSA) is 57.7 Å². The number of anilines is 1. The summed E-state index contributed by atoms with van der Waals surface area (Å²) in [6.45, 7) is 2.66. The standard InChI is InChI=1S/C24H26N2O3S/c1-19-8-7-11-23(16-19)26(30(3,28)29)18-21-12-14-22(15-13-21)24(27)25(2)17-20-9-5-4-6-10-20/h4-16H,17-18H2,1-3H3. The predicted molar refractivity (Wildman–Crippen MR) is 121 cm³/mol. The summed E-state index contributed by atoms with van der Waals surface area (Å²) < 4.78 is 26.1. The van der Waals surface area contributed by atoms with Crippen LogP contribution in [0.25, 0.3) is 0 Å². The molecule has 0 unspecified atom stereocenters. The van der Waals surface area contributed by atoms with Crippen molar-refractivity contribution in [2.75, 3.05) is 17.6 Å². The minimum absolute atomic E-state index is 0.0796. The van der Waals surface area contributed by atoms with Gasteiger partial charge in [0, 0.05) is 19.2 Å². The smallest absolute Gasteiger partial charge is 0.253 e. The molecule has 0 fully saturated rings. The number of carbonyl (C=O) groups is 1. The molecule has 0 aliphatic carbocycles. The number of rotatable bonds is 7. The number of amides is 1. The second kappa shape index (κ2) is 9.13. The van der Waals surface area contributed by atoms with E-state index in [2.05, 4.69) is 0 Å². The van der Waals surface area contributed by atoms with Crippen molar-refractivity contribution < 1.29 is 13.2 Å². The van der Waals surface area contributed by atoms with Gasteiger partial charge >= 0.3 is 0 Å². The highest BCUT2D eigenvalue weighted by atomic mass is 32.2. The Labute approximate surface area is 178 Å². The van der Waals surface area contributed by atoms with E-state index in [1.807, 2.05) is 55.5 Å². The fraction of sp³-hybridized carbons (Fsp3) is 0.208. The number of nitrogens with zero attached hydrogens (tertiary/aromatic N) is 2. The number of aryl methyl sites for hydroxylation is 1. The predicted octanol–water partition coefficient (Wildman–Crippen LogP) is 4.23. The van der Waals surface area contributed by atoms with Gasteiger partial charge in [-0.15, -0.1) is 0 Å². The minimum atomic E-state index is -3.45. The molecule has 0 aromatic heterocycles. The zero-order valence-corrected chi connectivity index (χ0v) is 18.3. The molecule has 5 nitrogen and oxygen atoms in total. The molecule has 0 bridgehead atoms. The molecule has 30 heavy (non-hydrogen) atoms. The molecule has 0 N–H and O–H groups in total. The Morgan fingerprint density at radius 2 is 1.47 bits per heavy atom. The van der Waals surface area contributed by atoms with Gasteiger partial charge in [0.25, 0.3) is 5.91 Å². The minimum Gasteiger partial charge on any atom is -0.337 e. The molecule has 3 aromatic carbocycles. The van der Waals surface area contributed by atoms with Gasteiger partial charge in [-0.05, 0) is 47.9 Å². The average molecular weight is 423 g/mol. The molecule has 0 saturated carbocycles. The van der Waals surface area contributed by atoms with Crippen LogP contribution < -0.4 is 4.31 Å². The molecule has 1 amide bonds. The highest BCUT2D eigenvalue weighted by molar-refractivity contribution is 7.92. The van der Waals surface area contributed by atoms with Gasteiger partial charge in [-0.1, -0.05) is 54.6 Å². The summed E-state index contributed by atoms with van der Waals surface area (Å²) in [6.07, 6.45) is 1.20. The summed E-state index contributed by atoms with van der Waals surface area (Å²) in [5.41, 5.74) is 4.05. The lowest BCUT2D eigenvalue weighted by atomic mass is 10.1. The van der Waals surface area contributed by atoms with E-state index in [-0.39, 0.29) is 12.5 Å². The first-order valence-corrected chi connectivity index (χ1v) is 11.5. The van der Waals surface area contributed by atoms with Gasteiger partial charge in [0.2, 0.25) is 10.0 Å². The Morgan fingerprint density at radius 3 is 2.07 bits per heavy atom. The summed E-state index contributed by atoms with van der Waals surface area (Å²) in [5, 5.41) is 0. The molecule has 0 heterocycles. The van der Waals surface area contributed by atoms with Crippen LogP contribution in [0.1, 0.15) is 27.0 Å². The Morgan fingerprint density at radius 1 is 0.833 bits per heavy atom. The van der Waals surface area contributed by atoms with Crippen LogP contribution in [-0.4, -0.2) is 32.5 Å². The van der Waals surface area contributed by atoms with Crippen molar-refractivity contribution in [3.8, 4) is 0 Å². The van der Waals surface area contributed by atoms with Crippen molar-refractivity contribution in [1.82, 2.24) is 4.90 Å². The number of sulfonamides is 1. The van der Waals surface area contributed by atoms with Crippen LogP contribution >= 0.6 is 0 Å². The highest BCUT2D eigenvalue weighted by Gasteiger charge is 2.18. The second-order valence-electron chi connectivity index (χ2n) is 7.45. The Bertz CT molecular complexity index is 1110. The van der Waals surface area contributed by atoms with Crippen LogP contribution in [0.2, 0.25) is 0 Å². The fourth-order valence-electron chi connectivity index (χ4n) is 3.25. The van der Waals surface area contributed by atoms with Crippen molar-refractivity contribution in [2.45, 2.75) is 20.0 Å². The third-order valence-electron chi connectivity index (χ3n) is 4.83. The van der Waals surface area contributed by atoms with Crippen molar-refractivity contribution in [3.05, 3.63) is 101 Å². The van der Waals surface area contributed by atoms with E-state index in [0.29, 0.717) is 17.8 Å². The Kier molecular flexibility index (Phi) is 6.57. The molecule has 0 atom stereocenters. The SMILES string of the molecule is Cc1cccc(N(Cc2ccc(C(=O)N(C)Cc3ccccc3)cc2)S(C)(=O)=O)c1. The molecular weight excluding hydrogens is 396 g/mol. The summed E-state index contributed by atoms with van der Waals surface area (Å²) in [7, 11) is -1.68. The third-order valence-corrected chi connectivity index (χ3v) is 5.97. The maximum Gasteiger partial charge on any atom is 0.253 e. The lowest BCUT2D eigenvalue weighted by molar-refractivity contribution is 0.0785. The zero-order chi connectivity index (χ0) is 21.7. The van der Waals surface area contributed by atoms with Crippen molar-refractivity contribution in [3.63, 3.8) is 0 Å². The van der Waals surface area contributed by atoms with Crippen LogP contribution in [0, 0.1) is 6.92 Å². The number of benzene rings is 3. The zero-order valence-electron chi connectivity index (χ0n) is 17.4. The lowest BCUT2D eigenvalue weighted by Crippen LogP contribution is -2.29. The van der Waals surface area contributed by atoms with Gasteiger partial charge in [0.1, 0.15) is 0 Å².